The molecule has 0 saturated carbocycles. The van der Waals surface area contributed by atoms with Crippen LogP contribution in [0.3, 0.4) is 0 Å². The SMILES string of the molecule is COc1ccc(CN(C)[C@@H]2CN(C(=O)Cn3cccn3)C[C@H]2O)cc1. The Morgan fingerprint density at radius 2 is 2.12 bits per heavy atom. The predicted molar refractivity (Wildman–Crippen MR) is 93.1 cm³/mol. The van der Waals surface area contributed by atoms with E-state index < -0.39 is 6.10 Å². The molecule has 1 aromatic carbocycles. The van der Waals surface area contributed by atoms with Gasteiger partial charge in [-0.25, -0.2) is 0 Å². The Labute approximate surface area is 147 Å². The summed E-state index contributed by atoms with van der Waals surface area (Å²) in [4.78, 5) is 16.2. The Morgan fingerprint density at radius 1 is 1.36 bits per heavy atom. The van der Waals surface area contributed by atoms with Gasteiger partial charge in [0.15, 0.2) is 0 Å². The van der Waals surface area contributed by atoms with Crippen molar-refractivity contribution in [1.82, 2.24) is 19.6 Å². The van der Waals surface area contributed by atoms with E-state index in [1.807, 2.05) is 31.3 Å². The van der Waals surface area contributed by atoms with Crippen molar-refractivity contribution < 1.29 is 14.6 Å². The molecule has 2 atom stereocenters. The van der Waals surface area contributed by atoms with E-state index >= 15 is 0 Å². The van der Waals surface area contributed by atoms with Gasteiger partial charge in [-0.2, -0.15) is 5.10 Å². The standard InChI is InChI=1S/C18H24N4O3/c1-20(10-14-4-6-15(25-2)7-5-14)16-11-21(12-17(16)23)18(24)13-22-9-3-8-19-22/h3-9,16-17,23H,10-13H2,1-2H3/t16-,17-/m1/s1. The molecule has 0 unspecified atom stereocenters. The van der Waals surface area contributed by atoms with Crippen LogP contribution in [0.15, 0.2) is 42.7 Å². The molecular weight excluding hydrogens is 320 g/mol. The van der Waals surface area contributed by atoms with Gasteiger partial charge in [-0.15, -0.1) is 0 Å². The molecule has 7 heteroatoms. The number of hydrogen-bond acceptors (Lipinski definition) is 5. The Hall–Kier alpha value is -2.38. The Kier molecular flexibility index (Phi) is 5.35. The van der Waals surface area contributed by atoms with E-state index in [1.165, 1.54) is 0 Å². The number of likely N-dealkylation sites (tertiary alicyclic amines) is 1. The van der Waals surface area contributed by atoms with Gasteiger partial charge in [0, 0.05) is 32.0 Å². The van der Waals surface area contributed by atoms with Gasteiger partial charge >= 0.3 is 0 Å². The summed E-state index contributed by atoms with van der Waals surface area (Å²) in [6.07, 6.45) is 2.86. The first-order chi connectivity index (χ1) is 12.1. The average molecular weight is 344 g/mol. The monoisotopic (exact) mass is 344 g/mol. The van der Waals surface area contributed by atoms with E-state index in [9.17, 15) is 9.90 Å². The summed E-state index contributed by atoms with van der Waals surface area (Å²) in [5, 5.41) is 14.4. The van der Waals surface area contributed by atoms with Crippen LogP contribution in [-0.4, -0.2) is 70.0 Å². The van der Waals surface area contributed by atoms with Gasteiger partial charge in [0.1, 0.15) is 12.3 Å². The highest BCUT2D eigenvalue weighted by Crippen LogP contribution is 2.19. The lowest BCUT2D eigenvalue weighted by Crippen LogP contribution is -2.40. The number of benzene rings is 1. The first-order valence-corrected chi connectivity index (χ1v) is 8.33. The minimum Gasteiger partial charge on any atom is -0.497 e. The molecule has 1 fully saturated rings. The number of rotatable bonds is 6. The lowest BCUT2D eigenvalue weighted by molar-refractivity contribution is -0.131. The number of aliphatic hydroxyl groups excluding tert-OH is 1. The molecule has 134 valence electrons. The first-order valence-electron chi connectivity index (χ1n) is 8.33. The Balaban J connectivity index is 1.57. The third-order valence-electron chi connectivity index (χ3n) is 4.63. The Morgan fingerprint density at radius 3 is 2.76 bits per heavy atom. The molecule has 25 heavy (non-hydrogen) atoms. The zero-order chi connectivity index (χ0) is 17.8. The van der Waals surface area contributed by atoms with Gasteiger partial charge in [-0.05, 0) is 30.8 Å². The van der Waals surface area contributed by atoms with E-state index in [-0.39, 0.29) is 18.5 Å². The number of carbonyl (C=O) groups excluding carboxylic acids is 1. The minimum absolute atomic E-state index is 0.0249. The quantitative estimate of drug-likeness (QED) is 0.831. The summed E-state index contributed by atoms with van der Waals surface area (Å²) in [5.41, 5.74) is 1.14. The van der Waals surface area contributed by atoms with E-state index in [0.717, 1.165) is 11.3 Å². The van der Waals surface area contributed by atoms with Crippen molar-refractivity contribution in [1.29, 1.82) is 0 Å². The van der Waals surface area contributed by atoms with Gasteiger partial charge in [-0.3, -0.25) is 14.4 Å². The highest BCUT2D eigenvalue weighted by Gasteiger charge is 2.36. The van der Waals surface area contributed by atoms with Crippen molar-refractivity contribution in [3.63, 3.8) is 0 Å². The molecule has 1 aromatic heterocycles. The first kappa shape index (κ1) is 17.4. The lowest BCUT2D eigenvalue weighted by atomic mass is 10.1. The van der Waals surface area contributed by atoms with Gasteiger partial charge < -0.3 is 14.7 Å². The van der Waals surface area contributed by atoms with Crippen molar-refractivity contribution in [2.75, 3.05) is 27.2 Å². The Bertz CT molecular complexity index is 687. The molecule has 2 heterocycles. The second-order valence-corrected chi connectivity index (χ2v) is 6.40. The molecule has 1 N–H and O–H groups in total. The number of hydrogen-bond donors (Lipinski definition) is 1. The van der Waals surface area contributed by atoms with Crippen LogP contribution in [-0.2, 0) is 17.9 Å². The summed E-state index contributed by atoms with van der Waals surface area (Å²) >= 11 is 0. The van der Waals surface area contributed by atoms with Crippen molar-refractivity contribution in [2.45, 2.75) is 25.2 Å². The average Bonchev–Trinajstić information content (AvgIpc) is 3.25. The van der Waals surface area contributed by atoms with E-state index in [4.69, 9.17) is 4.74 Å². The van der Waals surface area contributed by atoms with Gasteiger partial charge in [0.05, 0.1) is 19.3 Å². The second-order valence-electron chi connectivity index (χ2n) is 6.40. The molecule has 1 saturated heterocycles. The van der Waals surface area contributed by atoms with Crippen molar-refractivity contribution >= 4 is 5.91 Å². The number of likely N-dealkylation sites (N-methyl/N-ethyl adjacent to an activating group) is 1. The number of amides is 1. The number of aromatic nitrogens is 2. The summed E-state index contributed by atoms with van der Waals surface area (Å²) in [6.45, 7) is 1.78. The molecule has 3 rings (SSSR count). The van der Waals surface area contributed by atoms with Crippen LogP contribution in [0.25, 0.3) is 0 Å². The summed E-state index contributed by atoms with van der Waals surface area (Å²) in [7, 11) is 3.62. The highest BCUT2D eigenvalue weighted by molar-refractivity contribution is 5.76. The third-order valence-corrected chi connectivity index (χ3v) is 4.63. The molecule has 1 aliphatic heterocycles. The normalized spacial score (nSPS) is 20.2. The molecule has 1 amide bonds. The maximum Gasteiger partial charge on any atom is 0.244 e. The number of β-amino-alcohol motifs (C(OH)–C–C–N with tert-alkyl or cyclic N) is 1. The summed E-state index contributed by atoms with van der Waals surface area (Å²) in [6, 6.07) is 9.58. The number of ether oxygens (including phenoxy) is 1. The largest absolute Gasteiger partial charge is 0.497 e. The number of methoxy groups -OCH3 is 1. The number of carbonyl (C=O) groups is 1. The molecule has 7 nitrogen and oxygen atoms in total. The fourth-order valence-electron chi connectivity index (χ4n) is 3.18. The van der Waals surface area contributed by atoms with Crippen LogP contribution >= 0.6 is 0 Å². The van der Waals surface area contributed by atoms with E-state index in [1.54, 1.807) is 35.2 Å². The predicted octanol–water partition coefficient (Wildman–Crippen LogP) is 0.595. The minimum atomic E-state index is -0.551. The van der Waals surface area contributed by atoms with Gasteiger partial charge in [0.25, 0.3) is 0 Å². The molecular formula is C18H24N4O3. The van der Waals surface area contributed by atoms with Crippen LogP contribution in [0, 0.1) is 0 Å². The fraction of sp³-hybridized carbons (Fsp3) is 0.444. The van der Waals surface area contributed by atoms with E-state index in [0.29, 0.717) is 19.6 Å². The molecule has 0 bridgehead atoms. The highest BCUT2D eigenvalue weighted by atomic mass is 16.5. The topological polar surface area (TPSA) is 70.8 Å². The zero-order valence-corrected chi connectivity index (χ0v) is 14.6. The molecule has 2 aromatic rings. The molecule has 0 aliphatic carbocycles. The van der Waals surface area contributed by atoms with Gasteiger partial charge in [0.2, 0.25) is 5.91 Å². The second kappa shape index (κ2) is 7.67. The van der Waals surface area contributed by atoms with Crippen molar-refractivity contribution in [3.05, 3.63) is 48.3 Å². The lowest BCUT2D eigenvalue weighted by Gasteiger charge is -2.26. The summed E-state index contributed by atoms with van der Waals surface area (Å²) < 4.78 is 6.77. The van der Waals surface area contributed by atoms with Crippen molar-refractivity contribution in [3.8, 4) is 5.75 Å². The van der Waals surface area contributed by atoms with Gasteiger partial charge in [-0.1, -0.05) is 12.1 Å². The van der Waals surface area contributed by atoms with Crippen molar-refractivity contribution in [2.24, 2.45) is 0 Å². The van der Waals surface area contributed by atoms with Crippen LogP contribution < -0.4 is 4.74 Å². The molecule has 0 spiro atoms. The van der Waals surface area contributed by atoms with Crippen LogP contribution in [0.5, 0.6) is 5.75 Å². The third kappa shape index (κ3) is 4.18. The maximum absolute atomic E-state index is 12.4. The summed E-state index contributed by atoms with van der Waals surface area (Å²) in [5.74, 6) is 0.797. The van der Waals surface area contributed by atoms with Crippen LogP contribution in [0.4, 0.5) is 0 Å². The number of nitrogens with zero attached hydrogens (tertiary/aromatic N) is 4. The zero-order valence-electron chi connectivity index (χ0n) is 14.6. The number of aliphatic hydroxyl groups is 1. The van der Waals surface area contributed by atoms with E-state index in [2.05, 4.69) is 10.00 Å². The maximum atomic E-state index is 12.4. The smallest absolute Gasteiger partial charge is 0.244 e. The fourth-order valence-corrected chi connectivity index (χ4v) is 3.18. The van der Waals surface area contributed by atoms with Crippen LogP contribution in [0.1, 0.15) is 5.56 Å². The molecule has 0 radical (unpaired) electrons. The molecule has 1 aliphatic rings. The van der Waals surface area contributed by atoms with Crippen LogP contribution in [0.2, 0.25) is 0 Å².